The minimum atomic E-state index is -0.843. The van der Waals surface area contributed by atoms with E-state index in [-0.39, 0.29) is 24.1 Å². The Balaban J connectivity index is 1.44. The fourth-order valence-electron chi connectivity index (χ4n) is 4.93. The molecule has 2 aromatic carbocycles. The second kappa shape index (κ2) is 8.19. The zero-order valence-corrected chi connectivity index (χ0v) is 19.4. The average Bonchev–Trinajstić information content (AvgIpc) is 3.51. The fourth-order valence-corrected chi connectivity index (χ4v) is 4.93. The molecule has 0 spiro atoms. The number of aliphatic hydroxyl groups is 2. The van der Waals surface area contributed by atoms with Crippen LogP contribution >= 0.6 is 0 Å². The molecular weight excluding hydrogens is 448 g/mol. The normalized spacial score (nSPS) is 20.7. The van der Waals surface area contributed by atoms with Gasteiger partial charge in [-0.2, -0.15) is 4.98 Å². The molecule has 10 nitrogen and oxygen atoms in total. The standard InChI is InChI=1S/C25H26N6O4/c1-30(2)24-28-22-21(23(34)29-24)27-25(31(22)20-11-18(33)19(12-32)35-20)26-15-7-8-17-14(10-15)9-13-5-3-4-6-16(13)17/h3-8,10,18-20,32-33H,9,11-12H2,1-2H3,(H,26,27)(H,28,29,34)/t18-,19+,20+/m0/s1. The van der Waals surface area contributed by atoms with E-state index in [1.165, 1.54) is 22.3 Å². The summed E-state index contributed by atoms with van der Waals surface area (Å²) in [6.45, 7) is -0.310. The molecule has 4 N–H and O–H groups in total. The number of fused-ring (bicyclic) bond motifs is 4. The van der Waals surface area contributed by atoms with Crippen molar-refractivity contribution in [3.8, 4) is 11.1 Å². The van der Waals surface area contributed by atoms with Gasteiger partial charge in [0.1, 0.15) is 12.3 Å². The maximum absolute atomic E-state index is 12.8. The molecule has 0 bridgehead atoms. The number of nitrogens with one attached hydrogen (secondary N) is 2. The van der Waals surface area contributed by atoms with Gasteiger partial charge in [-0.3, -0.25) is 14.3 Å². The van der Waals surface area contributed by atoms with Crippen LogP contribution in [0.15, 0.2) is 47.3 Å². The van der Waals surface area contributed by atoms with Crippen molar-refractivity contribution in [2.75, 3.05) is 30.9 Å². The van der Waals surface area contributed by atoms with Crippen molar-refractivity contribution in [1.29, 1.82) is 0 Å². The first-order valence-electron chi connectivity index (χ1n) is 11.5. The van der Waals surface area contributed by atoms with Crippen LogP contribution in [0.25, 0.3) is 22.3 Å². The highest BCUT2D eigenvalue weighted by Crippen LogP contribution is 2.39. The zero-order valence-electron chi connectivity index (χ0n) is 19.4. The molecule has 2 aliphatic rings. The SMILES string of the molecule is CN(C)c1nc2c(nc(Nc3ccc4c(c3)Cc3ccccc3-4)n2[C@H]2C[C@H](O)[C@@H](CO)O2)c(=O)[nH]1. The summed E-state index contributed by atoms with van der Waals surface area (Å²) in [6.07, 6.45) is -1.14. The molecule has 1 saturated heterocycles. The molecule has 0 radical (unpaired) electrons. The minimum absolute atomic E-state index is 0.164. The molecule has 10 heteroatoms. The molecular formula is C25H26N6O4. The van der Waals surface area contributed by atoms with Crippen molar-refractivity contribution in [2.24, 2.45) is 0 Å². The summed E-state index contributed by atoms with van der Waals surface area (Å²) >= 11 is 0. The Morgan fingerprint density at radius 3 is 2.74 bits per heavy atom. The van der Waals surface area contributed by atoms with Crippen LogP contribution < -0.4 is 15.8 Å². The topological polar surface area (TPSA) is 129 Å². The number of ether oxygens (including phenoxy) is 1. The first kappa shape index (κ1) is 21.8. The predicted octanol–water partition coefficient (Wildman–Crippen LogP) is 2.14. The van der Waals surface area contributed by atoms with Crippen molar-refractivity contribution >= 4 is 28.7 Å². The lowest BCUT2D eigenvalue weighted by Gasteiger charge is -2.18. The number of rotatable bonds is 5. The smallest absolute Gasteiger partial charge is 0.280 e. The van der Waals surface area contributed by atoms with Gasteiger partial charge in [-0.05, 0) is 40.8 Å². The molecule has 0 amide bonds. The lowest BCUT2D eigenvalue weighted by atomic mass is 10.1. The van der Waals surface area contributed by atoms with Crippen LogP contribution in [0.1, 0.15) is 23.8 Å². The summed E-state index contributed by atoms with van der Waals surface area (Å²) < 4.78 is 7.62. The Morgan fingerprint density at radius 1 is 1.17 bits per heavy atom. The van der Waals surface area contributed by atoms with Crippen LogP contribution in [-0.2, 0) is 11.2 Å². The molecule has 6 rings (SSSR count). The Morgan fingerprint density at radius 2 is 1.97 bits per heavy atom. The second-order valence-corrected chi connectivity index (χ2v) is 9.21. The first-order chi connectivity index (χ1) is 16.9. The molecule has 4 aromatic rings. The first-order valence-corrected chi connectivity index (χ1v) is 11.5. The third-order valence-electron chi connectivity index (χ3n) is 6.68. The van der Waals surface area contributed by atoms with Crippen LogP contribution in [0.3, 0.4) is 0 Å². The summed E-state index contributed by atoms with van der Waals surface area (Å²) in [7, 11) is 3.56. The third kappa shape index (κ3) is 3.57. The van der Waals surface area contributed by atoms with Crippen LogP contribution in [0.4, 0.5) is 17.6 Å². The highest BCUT2D eigenvalue weighted by Gasteiger charge is 2.37. The van der Waals surface area contributed by atoms with E-state index in [2.05, 4.69) is 50.6 Å². The second-order valence-electron chi connectivity index (χ2n) is 9.21. The molecule has 3 atom stereocenters. The van der Waals surface area contributed by atoms with E-state index in [1.54, 1.807) is 23.6 Å². The van der Waals surface area contributed by atoms with E-state index in [1.807, 2.05) is 12.1 Å². The van der Waals surface area contributed by atoms with Crippen molar-refractivity contribution in [3.63, 3.8) is 0 Å². The van der Waals surface area contributed by atoms with E-state index in [9.17, 15) is 15.0 Å². The van der Waals surface area contributed by atoms with Gasteiger partial charge in [-0.25, -0.2) is 4.98 Å². The molecule has 1 aliphatic carbocycles. The van der Waals surface area contributed by atoms with E-state index in [0.29, 0.717) is 17.5 Å². The van der Waals surface area contributed by atoms with Crippen molar-refractivity contribution < 1.29 is 14.9 Å². The Kier molecular flexibility index (Phi) is 5.10. The van der Waals surface area contributed by atoms with Crippen molar-refractivity contribution in [2.45, 2.75) is 31.3 Å². The molecule has 1 fully saturated rings. The van der Waals surface area contributed by atoms with Gasteiger partial charge in [-0.1, -0.05) is 30.3 Å². The minimum Gasteiger partial charge on any atom is -0.394 e. The van der Waals surface area contributed by atoms with Crippen molar-refractivity contribution in [3.05, 3.63) is 63.9 Å². The number of H-pyrrole nitrogens is 1. The van der Waals surface area contributed by atoms with Gasteiger partial charge in [0.2, 0.25) is 11.9 Å². The van der Waals surface area contributed by atoms with E-state index in [0.717, 1.165) is 12.1 Å². The van der Waals surface area contributed by atoms with Crippen LogP contribution in [0.5, 0.6) is 0 Å². The summed E-state index contributed by atoms with van der Waals surface area (Å²) in [5, 5.41) is 23.3. The summed E-state index contributed by atoms with van der Waals surface area (Å²) in [4.78, 5) is 26.5. The van der Waals surface area contributed by atoms with Crippen molar-refractivity contribution in [1.82, 2.24) is 19.5 Å². The van der Waals surface area contributed by atoms with E-state index >= 15 is 0 Å². The predicted molar refractivity (Wildman–Crippen MR) is 132 cm³/mol. The van der Waals surface area contributed by atoms with Crippen LogP contribution in [0, 0.1) is 0 Å². The third-order valence-corrected chi connectivity index (χ3v) is 6.68. The van der Waals surface area contributed by atoms with E-state index < -0.39 is 18.4 Å². The average molecular weight is 475 g/mol. The summed E-state index contributed by atoms with van der Waals surface area (Å²) in [5.74, 6) is 0.753. The van der Waals surface area contributed by atoms with Gasteiger partial charge in [0.05, 0.1) is 12.7 Å². The maximum atomic E-state index is 12.8. The number of imidazole rings is 1. The molecule has 180 valence electrons. The van der Waals surface area contributed by atoms with Gasteiger partial charge < -0.3 is 25.2 Å². The number of hydrogen-bond donors (Lipinski definition) is 4. The number of benzene rings is 2. The molecule has 3 heterocycles. The Hall–Kier alpha value is -3.73. The highest BCUT2D eigenvalue weighted by molar-refractivity contribution is 5.80. The summed E-state index contributed by atoms with van der Waals surface area (Å²) in [5.41, 5.74) is 5.90. The number of nitrogens with zero attached hydrogens (tertiary/aromatic N) is 4. The molecule has 0 unspecified atom stereocenters. The molecule has 35 heavy (non-hydrogen) atoms. The monoisotopic (exact) mass is 474 g/mol. The van der Waals surface area contributed by atoms with Gasteiger partial charge in [0, 0.05) is 26.2 Å². The van der Waals surface area contributed by atoms with Crippen LogP contribution in [-0.4, -0.2) is 62.6 Å². The fraction of sp³-hybridized carbons (Fsp3) is 0.320. The molecule has 0 saturated carbocycles. The Labute approximate surface area is 200 Å². The number of hydrogen-bond acceptors (Lipinski definition) is 8. The van der Waals surface area contributed by atoms with E-state index in [4.69, 9.17) is 4.74 Å². The summed E-state index contributed by atoms with van der Waals surface area (Å²) in [6, 6.07) is 14.5. The quantitative estimate of drug-likeness (QED) is 0.305. The van der Waals surface area contributed by atoms with Gasteiger partial charge in [-0.15, -0.1) is 0 Å². The van der Waals surface area contributed by atoms with Gasteiger partial charge in [0.15, 0.2) is 11.2 Å². The number of aromatic amines is 1. The molecule has 1 aliphatic heterocycles. The lowest BCUT2D eigenvalue weighted by molar-refractivity contribution is -0.0425. The highest BCUT2D eigenvalue weighted by atomic mass is 16.5. The van der Waals surface area contributed by atoms with Gasteiger partial charge >= 0.3 is 0 Å². The number of aliphatic hydroxyl groups excluding tert-OH is 2. The zero-order chi connectivity index (χ0) is 24.3. The number of anilines is 3. The number of aromatic nitrogens is 4. The Bertz CT molecular complexity index is 1490. The lowest BCUT2D eigenvalue weighted by Crippen LogP contribution is -2.24. The maximum Gasteiger partial charge on any atom is 0.280 e. The van der Waals surface area contributed by atoms with Gasteiger partial charge in [0.25, 0.3) is 5.56 Å². The van der Waals surface area contributed by atoms with Crippen LogP contribution in [0.2, 0.25) is 0 Å². The largest absolute Gasteiger partial charge is 0.394 e. The molecule has 2 aromatic heterocycles.